The van der Waals surface area contributed by atoms with Crippen molar-refractivity contribution in [1.29, 1.82) is 0 Å². The van der Waals surface area contributed by atoms with Crippen molar-refractivity contribution in [2.45, 2.75) is 13.5 Å². The molecule has 0 N–H and O–H groups in total. The molecule has 0 radical (unpaired) electrons. The van der Waals surface area contributed by atoms with Crippen LogP contribution >= 0.6 is 11.6 Å². The normalized spacial score (nSPS) is 10.2. The van der Waals surface area contributed by atoms with Gasteiger partial charge in [0, 0.05) is 18.3 Å². The Hall–Kier alpha value is -2.14. The number of pyridine rings is 1. The second-order valence-electron chi connectivity index (χ2n) is 3.93. The SMILES string of the molecule is Cc1cccnc1COc1ccc([N+](=O)[O-])c(Cl)c1. The minimum absolute atomic E-state index is 0.0558. The van der Waals surface area contributed by atoms with Crippen LogP contribution in [0.1, 0.15) is 11.3 Å². The third-order valence-corrected chi connectivity index (χ3v) is 2.91. The van der Waals surface area contributed by atoms with Crippen LogP contribution in [0.3, 0.4) is 0 Å². The number of ether oxygens (including phenoxy) is 1. The summed E-state index contributed by atoms with van der Waals surface area (Å²) in [5, 5.41) is 10.7. The number of nitrogens with zero attached hydrogens (tertiary/aromatic N) is 2. The Bertz CT molecular complexity index is 617. The molecule has 2 rings (SSSR count). The summed E-state index contributed by atoms with van der Waals surface area (Å²) in [6.45, 7) is 2.23. The van der Waals surface area contributed by atoms with Gasteiger partial charge in [0.1, 0.15) is 17.4 Å². The highest BCUT2D eigenvalue weighted by atomic mass is 35.5. The lowest BCUT2D eigenvalue weighted by Crippen LogP contribution is -2.00. The number of benzene rings is 1. The molecule has 0 amide bonds. The van der Waals surface area contributed by atoms with Crippen molar-refractivity contribution in [3.63, 3.8) is 0 Å². The first-order chi connectivity index (χ1) is 9.08. The van der Waals surface area contributed by atoms with E-state index in [4.69, 9.17) is 16.3 Å². The third-order valence-electron chi connectivity index (χ3n) is 2.61. The molecule has 1 heterocycles. The molecule has 0 unspecified atom stereocenters. The first-order valence-corrected chi connectivity index (χ1v) is 5.93. The average Bonchev–Trinajstić information content (AvgIpc) is 2.37. The van der Waals surface area contributed by atoms with Gasteiger partial charge in [-0.1, -0.05) is 17.7 Å². The van der Waals surface area contributed by atoms with Gasteiger partial charge in [0.2, 0.25) is 0 Å². The van der Waals surface area contributed by atoms with E-state index in [0.29, 0.717) is 12.4 Å². The van der Waals surface area contributed by atoms with Crippen LogP contribution in [0, 0.1) is 17.0 Å². The van der Waals surface area contributed by atoms with E-state index in [9.17, 15) is 10.1 Å². The summed E-state index contributed by atoms with van der Waals surface area (Å²) in [7, 11) is 0. The Labute approximate surface area is 115 Å². The fourth-order valence-electron chi connectivity index (χ4n) is 1.55. The van der Waals surface area contributed by atoms with Gasteiger partial charge in [-0.25, -0.2) is 0 Å². The molecule has 6 heteroatoms. The number of aromatic nitrogens is 1. The number of hydrogen-bond acceptors (Lipinski definition) is 4. The Morgan fingerprint density at radius 2 is 2.21 bits per heavy atom. The highest BCUT2D eigenvalue weighted by Crippen LogP contribution is 2.28. The first-order valence-electron chi connectivity index (χ1n) is 5.55. The van der Waals surface area contributed by atoms with Gasteiger partial charge in [0.15, 0.2) is 0 Å². The van der Waals surface area contributed by atoms with Crippen LogP contribution < -0.4 is 4.74 Å². The van der Waals surface area contributed by atoms with Crippen molar-refractivity contribution in [1.82, 2.24) is 4.98 Å². The van der Waals surface area contributed by atoms with Crippen LogP contribution in [0.15, 0.2) is 36.5 Å². The molecule has 0 aliphatic carbocycles. The smallest absolute Gasteiger partial charge is 0.288 e. The lowest BCUT2D eigenvalue weighted by molar-refractivity contribution is -0.384. The molecule has 1 aromatic carbocycles. The van der Waals surface area contributed by atoms with Gasteiger partial charge in [0.05, 0.1) is 10.6 Å². The second-order valence-corrected chi connectivity index (χ2v) is 4.33. The van der Waals surface area contributed by atoms with E-state index in [-0.39, 0.29) is 10.7 Å². The number of nitro groups is 1. The van der Waals surface area contributed by atoms with E-state index in [1.807, 2.05) is 19.1 Å². The summed E-state index contributed by atoms with van der Waals surface area (Å²) >= 11 is 5.80. The molecule has 0 aliphatic rings. The first kappa shape index (κ1) is 13.3. The monoisotopic (exact) mass is 278 g/mol. The zero-order valence-corrected chi connectivity index (χ0v) is 10.9. The maximum absolute atomic E-state index is 10.6. The van der Waals surface area contributed by atoms with Gasteiger partial charge in [-0.05, 0) is 24.6 Å². The molecule has 0 atom stereocenters. The lowest BCUT2D eigenvalue weighted by atomic mass is 10.2. The molecule has 0 spiro atoms. The number of nitro benzene ring substituents is 1. The van der Waals surface area contributed by atoms with Crippen molar-refractivity contribution >= 4 is 17.3 Å². The van der Waals surface area contributed by atoms with Crippen LogP contribution in [0.25, 0.3) is 0 Å². The summed E-state index contributed by atoms with van der Waals surface area (Å²) in [4.78, 5) is 14.3. The molecular weight excluding hydrogens is 268 g/mol. The zero-order chi connectivity index (χ0) is 13.8. The van der Waals surface area contributed by atoms with Gasteiger partial charge < -0.3 is 4.74 Å². The Kier molecular flexibility index (Phi) is 3.97. The van der Waals surface area contributed by atoms with E-state index in [1.165, 1.54) is 18.2 Å². The third kappa shape index (κ3) is 3.20. The molecule has 19 heavy (non-hydrogen) atoms. The van der Waals surface area contributed by atoms with E-state index < -0.39 is 4.92 Å². The molecule has 0 saturated carbocycles. The highest BCUT2D eigenvalue weighted by molar-refractivity contribution is 6.32. The number of hydrogen-bond donors (Lipinski definition) is 0. The largest absolute Gasteiger partial charge is 0.487 e. The molecule has 1 aromatic heterocycles. The van der Waals surface area contributed by atoms with Gasteiger partial charge >= 0.3 is 0 Å². The van der Waals surface area contributed by atoms with Crippen LogP contribution in [0.4, 0.5) is 5.69 Å². The minimum Gasteiger partial charge on any atom is -0.487 e. The molecule has 2 aromatic rings. The molecule has 0 fully saturated rings. The van der Waals surface area contributed by atoms with E-state index >= 15 is 0 Å². The van der Waals surface area contributed by atoms with Gasteiger partial charge in [-0.3, -0.25) is 15.1 Å². The fraction of sp³-hybridized carbons (Fsp3) is 0.154. The molecule has 0 saturated heterocycles. The van der Waals surface area contributed by atoms with E-state index in [2.05, 4.69) is 4.98 Å². The maximum Gasteiger partial charge on any atom is 0.288 e. The number of halogens is 1. The van der Waals surface area contributed by atoms with Crippen LogP contribution in [0.2, 0.25) is 5.02 Å². The second kappa shape index (κ2) is 5.67. The summed E-state index contributed by atoms with van der Waals surface area (Å²) in [6.07, 6.45) is 1.69. The van der Waals surface area contributed by atoms with Crippen molar-refractivity contribution in [2.24, 2.45) is 0 Å². The standard InChI is InChI=1S/C13H11ClN2O3/c1-9-3-2-6-15-12(9)8-19-10-4-5-13(16(17)18)11(14)7-10/h2-7H,8H2,1H3. The predicted octanol–water partition coefficient (Wildman–Crippen LogP) is 3.53. The summed E-state index contributed by atoms with van der Waals surface area (Å²) < 4.78 is 5.52. The van der Waals surface area contributed by atoms with Crippen molar-refractivity contribution in [3.05, 3.63) is 62.9 Å². The summed E-state index contributed by atoms with van der Waals surface area (Å²) in [5.41, 5.74) is 1.70. The molecule has 98 valence electrons. The lowest BCUT2D eigenvalue weighted by Gasteiger charge is -2.07. The zero-order valence-electron chi connectivity index (χ0n) is 10.2. The summed E-state index contributed by atoms with van der Waals surface area (Å²) in [5.74, 6) is 0.473. The van der Waals surface area contributed by atoms with Crippen LogP contribution in [-0.2, 0) is 6.61 Å². The van der Waals surface area contributed by atoms with Crippen molar-refractivity contribution in [2.75, 3.05) is 0 Å². The van der Waals surface area contributed by atoms with E-state index in [1.54, 1.807) is 6.20 Å². The summed E-state index contributed by atoms with van der Waals surface area (Å²) in [6, 6.07) is 8.05. The predicted molar refractivity (Wildman–Crippen MR) is 71.4 cm³/mol. The average molecular weight is 279 g/mol. The van der Waals surface area contributed by atoms with Gasteiger partial charge in [-0.15, -0.1) is 0 Å². The van der Waals surface area contributed by atoms with Crippen LogP contribution in [0.5, 0.6) is 5.75 Å². The Morgan fingerprint density at radius 1 is 1.42 bits per heavy atom. The minimum atomic E-state index is -0.533. The van der Waals surface area contributed by atoms with E-state index in [0.717, 1.165) is 11.3 Å². The van der Waals surface area contributed by atoms with Crippen molar-refractivity contribution in [3.8, 4) is 5.75 Å². The highest BCUT2D eigenvalue weighted by Gasteiger charge is 2.12. The quantitative estimate of drug-likeness (QED) is 0.634. The molecular formula is C13H11ClN2O3. The fourth-order valence-corrected chi connectivity index (χ4v) is 1.79. The van der Waals surface area contributed by atoms with Crippen LogP contribution in [-0.4, -0.2) is 9.91 Å². The van der Waals surface area contributed by atoms with Gasteiger partial charge in [-0.2, -0.15) is 0 Å². The van der Waals surface area contributed by atoms with Gasteiger partial charge in [0.25, 0.3) is 5.69 Å². The Balaban J connectivity index is 2.11. The maximum atomic E-state index is 10.6. The topological polar surface area (TPSA) is 65.3 Å². The number of aryl methyl sites for hydroxylation is 1. The number of rotatable bonds is 4. The molecule has 5 nitrogen and oxygen atoms in total. The molecule has 0 aliphatic heterocycles. The molecule has 0 bridgehead atoms. The Morgan fingerprint density at radius 3 is 2.84 bits per heavy atom. The van der Waals surface area contributed by atoms with Crippen molar-refractivity contribution < 1.29 is 9.66 Å².